The van der Waals surface area contributed by atoms with Crippen LogP contribution in [0.5, 0.6) is 0 Å². The van der Waals surface area contributed by atoms with Crippen LogP contribution >= 0.6 is 0 Å². The van der Waals surface area contributed by atoms with Gasteiger partial charge in [0.05, 0.1) is 12.2 Å². The monoisotopic (exact) mass is 246 g/mol. The van der Waals surface area contributed by atoms with Crippen LogP contribution in [0.25, 0.3) is 0 Å². The molecular formula is C12H26O3Si. The fourth-order valence-corrected chi connectivity index (χ4v) is 4.28. The number of hydrogen-bond acceptors (Lipinski definition) is 3. The van der Waals surface area contributed by atoms with E-state index < -0.39 is 20.5 Å². The van der Waals surface area contributed by atoms with Gasteiger partial charge in [-0.1, -0.05) is 13.3 Å². The normalized spacial score (nSPS) is 34.7. The van der Waals surface area contributed by atoms with Gasteiger partial charge in [-0.25, -0.2) is 0 Å². The highest BCUT2D eigenvalue weighted by Gasteiger charge is 2.31. The van der Waals surface area contributed by atoms with E-state index in [1.165, 1.54) is 6.04 Å². The molecule has 3 nitrogen and oxygen atoms in total. The maximum absolute atomic E-state index is 9.62. The molecule has 4 unspecified atom stereocenters. The van der Waals surface area contributed by atoms with Crippen molar-refractivity contribution in [2.45, 2.75) is 63.5 Å². The molecule has 0 spiro atoms. The molecule has 16 heavy (non-hydrogen) atoms. The summed E-state index contributed by atoms with van der Waals surface area (Å²) in [6.07, 6.45) is 2.72. The summed E-state index contributed by atoms with van der Waals surface area (Å²) in [6.45, 7) is 4.48. The van der Waals surface area contributed by atoms with E-state index in [0.29, 0.717) is 5.92 Å². The quantitative estimate of drug-likeness (QED) is 0.731. The highest BCUT2D eigenvalue weighted by atomic mass is 28.4. The summed E-state index contributed by atoms with van der Waals surface area (Å²) in [5.41, 5.74) is 0. The van der Waals surface area contributed by atoms with E-state index in [2.05, 4.69) is 13.5 Å². The van der Waals surface area contributed by atoms with Crippen molar-refractivity contribution in [2.75, 3.05) is 7.11 Å². The lowest BCUT2D eigenvalue weighted by Crippen LogP contribution is -2.36. The Labute approximate surface area is 100.0 Å². The first-order valence-electron chi connectivity index (χ1n) is 6.42. The van der Waals surface area contributed by atoms with Crippen LogP contribution in [0.1, 0.15) is 32.6 Å². The third-order valence-electron chi connectivity index (χ3n) is 4.21. The van der Waals surface area contributed by atoms with Gasteiger partial charge in [-0.15, -0.1) is 0 Å². The van der Waals surface area contributed by atoms with Crippen molar-refractivity contribution in [3.8, 4) is 0 Å². The summed E-state index contributed by atoms with van der Waals surface area (Å²) in [5.74, 6) is 0.576. The van der Waals surface area contributed by atoms with E-state index in [-0.39, 0.29) is 0 Å². The van der Waals surface area contributed by atoms with Gasteiger partial charge in [0.25, 0.3) is 0 Å². The lowest BCUT2D eigenvalue weighted by molar-refractivity contribution is -0.0259. The van der Waals surface area contributed by atoms with E-state index in [9.17, 15) is 10.2 Å². The third kappa shape index (κ3) is 3.84. The Kier molecular flexibility index (Phi) is 5.44. The summed E-state index contributed by atoms with van der Waals surface area (Å²) in [6, 6.07) is 2.33. The van der Waals surface area contributed by atoms with Crippen LogP contribution in [0, 0.1) is 5.92 Å². The molecule has 0 saturated heterocycles. The number of aliphatic hydroxyl groups excluding tert-OH is 2. The van der Waals surface area contributed by atoms with Gasteiger partial charge in [0.15, 0.2) is 8.32 Å². The van der Waals surface area contributed by atoms with Gasteiger partial charge in [-0.2, -0.15) is 0 Å². The van der Waals surface area contributed by atoms with Crippen LogP contribution in [0.2, 0.25) is 18.6 Å². The topological polar surface area (TPSA) is 49.7 Å². The highest BCUT2D eigenvalue weighted by molar-refractivity contribution is 6.72. The van der Waals surface area contributed by atoms with Gasteiger partial charge < -0.3 is 14.6 Å². The Hall–Kier alpha value is 0.0969. The van der Waals surface area contributed by atoms with Crippen molar-refractivity contribution >= 4 is 8.32 Å². The smallest absolute Gasteiger partial charge is 0.188 e. The Balaban J connectivity index is 2.33. The molecule has 0 aromatic carbocycles. The first-order chi connectivity index (χ1) is 7.50. The van der Waals surface area contributed by atoms with Gasteiger partial charge in [-0.05, 0) is 43.8 Å². The average molecular weight is 246 g/mol. The molecule has 0 heterocycles. The molecule has 4 heteroatoms. The number of rotatable bonds is 5. The summed E-state index contributed by atoms with van der Waals surface area (Å²) in [7, 11) is 0.364. The van der Waals surface area contributed by atoms with Crippen LogP contribution in [0.4, 0.5) is 0 Å². The molecule has 96 valence electrons. The van der Waals surface area contributed by atoms with E-state index in [1.54, 1.807) is 0 Å². The Morgan fingerprint density at radius 2 is 1.94 bits per heavy atom. The lowest BCUT2D eigenvalue weighted by atomic mass is 9.84. The third-order valence-corrected chi connectivity index (χ3v) is 8.04. The Morgan fingerprint density at radius 1 is 1.25 bits per heavy atom. The van der Waals surface area contributed by atoms with Crippen molar-refractivity contribution in [1.29, 1.82) is 0 Å². The molecule has 1 aliphatic carbocycles. The second kappa shape index (κ2) is 6.14. The molecular weight excluding hydrogens is 220 g/mol. The second-order valence-corrected chi connectivity index (χ2v) is 9.88. The summed E-state index contributed by atoms with van der Waals surface area (Å²) in [4.78, 5) is 0. The summed E-state index contributed by atoms with van der Waals surface area (Å²) >= 11 is 0. The van der Waals surface area contributed by atoms with Gasteiger partial charge in [0.1, 0.15) is 0 Å². The first kappa shape index (κ1) is 14.2. The standard InChI is InChI=1S/C12H26O3Si/c1-4-16(3,15-2)8-7-10-5-6-11(13)12(14)9-10/h10-14H,4-9H2,1-3H3. The van der Waals surface area contributed by atoms with Gasteiger partial charge in [0.2, 0.25) is 0 Å². The number of hydrogen-bond donors (Lipinski definition) is 2. The molecule has 0 bridgehead atoms. The molecule has 0 radical (unpaired) electrons. The van der Waals surface area contributed by atoms with Crippen LogP contribution in [-0.2, 0) is 4.43 Å². The zero-order valence-electron chi connectivity index (χ0n) is 10.8. The molecule has 0 aromatic heterocycles. The van der Waals surface area contributed by atoms with E-state index in [1.807, 2.05) is 7.11 Å². The molecule has 0 aromatic rings. The molecule has 2 N–H and O–H groups in total. The minimum atomic E-state index is -1.46. The lowest BCUT2D eigenvalue weighted by Gasteiger charge is -2.32. The molecule has 1 aliphatic rings. The predicted molar refractivity (Wildman–Crippen MR) is 67.9 cm³/mol. The fourth-order valence-electron chi connectivity index (χ4n) is 2.41. The number of aliphatic hydroxyl groups is 2. The van der Waals surface area contributed by atoms with E-state index in [0.717, 1.165) is 31.7 Å². The second-order valence-electron chi connectivity index (χ2n) is 5.36. The van der Waals surface area contributed by atoms with Crippen molar-refractivity contribution in [3.05, 3.63) is 0 Å². The van der Waals surface area contributed by atoms with Crippen LogP contribution in [0.15, 0.2) is 0 Å². The predicted octanol–water partition coefficient (Wildman–Crippen LogP) is 2.14. The summed E-state index contributed by atoms with van der Waals surface area (Å²) in [5, 5.41) is 19.1. The summed E-state index contributed by atoms with van der Waals surface area (Å²) < 4.78 is 5.65. The Bertz CT molecular complexity index is 206. The maximum atomic E-state index is 9.62. The first-order valence-corrected chi connectivity index (χ1v) is 9.24. The van der Waals surface area contributed by atoms with Crippen LogP contribution in [-0.4, -0.2) is 37.8 Å². The van der Waals surface area contributed by atoms with Crippen molar-refractivity contribution in [2.24, 2.45) is 5.92 Å². The average Bonchev–Trinajstić information content (AvgIpc) is 2.30. The molecule has 1 fully saturated rings. The van der Waals surface area contributed by atoms with Gasteiger partial charge in [-0.3, -0.25) is 0 Å². The largest absolute Gasteiger partial charge is 0.420 e. The minimum absolute atomic E-state index is 0.492. The minimum Gasteiger partial charge on any atom is -0.420 e. The molecule has 1 saturated carbocycles. The van der Waals surface area contributed by atoms with Crippen molar-refractivity contribution < 1.29 is 14.6 Å². The molecule has 0 aliphatic heterocycles. The van der Waals surface area contributed by atoms with Crippen molar-refractivity contribution in [3.63, 3.8) is 0 Å². The molecule has 4 atom stereocenters. The van der Waals surface area contributed by atoms with Crippen molar-refractivity contribution in [1.82, 2.24) is 0 Å². The zero-order valence-corrected chi connectivity index (χ0v) is 11.8. The van der Waals surface area contributed by atoms with Crippen LogP contribution in [0.3, 0.4) is 0 Å². The molecule has 0 amide bonds. The maximum Gasteiger partial charge on any atom is 0.188 e. The van der Waals surface area contributed by atoms with Gasteiger partial charge in [0, 0.05) is 7.11 Å². The van der Waals surface area contributed by atoms with Gasteiger partial charge >= 0.3 is 0 Å². The molecule has 1 rings (SSSR count). The Morgan fingerprint density at radius 3 is 2.44 bits per heavy atom. The van der Waals surface area contributed by atoms with Crippen LogP contribution < -0.4 is 0 Å². The fraction of sp³-hybridized carbons (Fsp3) is 1.00. The zero-order chi connectivity index (χ0) is 12.2. The van der Waals surface area contributed by atoms with E-state index >= 15 is 0 Å². The van der Waals surface area contributed by atoms with E-state index in [4.69, 9.17) is 4.43 Å². The highest BCUT2D eigenvalue weighted by Crippen LogP contribution is 2.31. The SMILES string of the molecule is CC[Si](C)(CCC1CCC(O)C(O)C1)OC.